The summed E-state index contributed by atoms with van der Waals surface area (Å²) in [6.07, 6.45) is 5.42. The molecule has 144 valence electrons. The molecular formula is C19H29N3O3S. The molecule has 2 N–H and O–H groups in total. The molecule has 0 spiro atoms. The van der Waals surface area contributed by atoms with Gasteiger partial charge in [0, 0.05) is 13.1 Å². The van der Waals surface area contributed by atoms with E-state index in [1.807, 2.05) is 18.2 Å². The molecule has 0 radical (unpaired) electrons. The van der Waals surface area contributed by atoms with Crippen LogP contribution in [0.15, 0.2) is 24.3 Å². The number of nitrogens with zero attached hydrogens (tertiary/aromatic N) is 1. The van der Waals surface area contributed by atoms with Crippen molar-refractivity contribution in [2.24, 2.45) is 0 Å². The number of nitrogens with one attached hydrogen (secondary N) is 2. The van der Waals surface area contributed by atoms with Gasteiger partial charge in [0.1, 0.15) is 0 Å². The van der Waals surface area contributed by atoms with E-state index in [2.05, 4.69) is 21.6 Å². The van der Waals surface area contributed by atoms with Crippen molar-refractivity contribution >= 4 is 27.1 Å². The number of hydrogen-bond acceptors (Lipinski definition) is 5. The predicted octanol–water partition coefficient (Wildman–Crippen LogP) is 2.17. The largest absolute Gasteiger partial charge is 0.374 e. The van der Waals surface area contributed by atoms with Crippen molar-refractivity contribution in [3.63, 3.8) is 0 Å². The van der Waals surface area contributed by atoms with Crippen molar-refractivity contribution < 1.29 is 13.2 Å². The minimum absolute atomic E-state index is 0.0239. The fourth-order valence-electron chi connectivity index (χ4n) is 3.88. The maximum atomic E-state index is 12.3. The van der Waals surface area contributed by atoms with Crippen LogP contribution in [0.2, 0.25) is 0 Å². The Bertz CT molecular complexity index is 742. The molecule has 2 heterocycles. The number of sulfone groups is 1. The van der Waals surface area contributed by atoms with Gasteiger partial charge in [-0.3, -0.25) is 4.79 Å². The molecule has 1 aromatic rings. The van der Waals surface area contributed by atoms with E-state index in [0.717, 1.165) is 24.5 Å². The third-order valence-corrected chi connectivity index (χ3v) is 7.14. The SMILES string of the molecule is C[C@@]1(NC(=O)CNc2ccccc2N2CCCCCC2)CCS(=O)(=O)C1. The zero-order chi connectivity index (χ0) is 18.6. The van der Waals surface area contributed by atoms with Gasteiger partial charge >= 0.3 is 0 Å². The predicted molar refractivity (Wildman–Crippen MR) is 105 cm³/mol. The van der Waals surface area contributed by atoms with E-state index in [9.17, 15) is 13.2 Å². The van der Waals surface area contributed by atoms with Gasteiger partial charge in [0.05, 0.1) is 35.0 Å². The molecule has 2 saturated heterocycles. The summed E-state index contributed by atoms with van der Waals surface area (Å²) < 4.78 is 23.4. The molecule has 0 bridgehead atoms. The molecule has 1 aromatic carbocycles. The van der Waals surface area contributed by atoms with Crippen LogP contribution >= 0.6 is 0 Å². The van der Waals surface area contributed by atoms with Gasteiger partial charge in [-0.15, -0.1) is 0 Å². The van der Waals surface area contributed by atoms with Crippen molar-refractivity contribution in [2.75, 3.05) is 41.4 Å². The van der Waals surface area contributed by atoms with E-state index in [1.165, 1.54) is 25.7 Å². The number of carbonyl (C=O) groups excluding carboxylic acids is 1. The Kier molecular flexibility index (Phi) is 5.75. The van der Waals surface area contributed by atoms with Crippen molar-refractivity contribution in [2.45, 2.75) is 44.6 Å². The first-order chi connectivity index (χ1) is 12.4. The molecule has 3 rings (SSSR count). The summed E-state index contributed by atoms with van der Waals surface area (Å²) in [5, 5.41) is 6.14. The zero-order valence-corrected chi connectivity index (χ0v) is 16.3. The lowest BCUT2D eigenvalue weighted by molar-refractivity contribution is -0.120. The lowest BCUT2D eigenvalue weighted by Crippen LogP contribution is -2.48. The molecule has 26 heavy (non-hydrogen) atoms. The van der Waals surface area contributed by atoms with Crippen LogP contribution in [0.25, 0.3) is 0 Å². The first-order valence-electron chi connectivity index (χ1n) is 9.46. The summed E-state index contributed by atoms with van der Waals surface area (Å²) in [6, 6.07) is 8.08. The topological polar surface area (TPSA) is 78.5 Å². The molecule has 2 fully saturated rings. The molecule has 0 unspecified atom stereocenters. The minimum Gasteiger partial charge on any atom is -0.374 e. The quantitative estimate of drug-likeness (QED) is 0.820. The highest BCUT2D eigenvalue weighted by Crippen LogP contribution is 2.28. The standard InChI is InChI=1S/C19H29N3O3S/c1-19(10-13-26(24,25)15-19)21-18(23)14-20-16-8-4-5-9-17(16)22-11-6-2-3-7-12-22/h4-5,8-9,20H,2-3,6-7,10-15H2,1H3,(H,21,23)/t19-/m1/s1. The maximum absolute atomic E-state index is 12.3. The lowest BCUT2D eigenvalue weighted by Gasteiger charge is -2.27. The molecular weight excluding hydrogens is 350 g/mol. The van der Waals surface area contributed by atoms with Gasteiger partial charge in [0.25, 0.3) is 0 Å². The van der Waals surface area contributed by atoms with Gasteiger partial charge in [-0.2, -0.15) is 0 Å². The zero-order valence-electron chi connectivity index (χ0n) is 15.5. The van der Waals surface area contributed by atoms with Gasteiger partial charge in [-0.25, -0.2) is 8.42 Å². The third kappa shape index (κ3) is 4.90. The smallest absolute Gasteiger partial charge is 0.239 e. The molecule has 1 atom stereocenters. The Morgan fingerprint density at radius 3 is 2.50 bits per heavy atom. The monoisotopic (exact) mass is 379 g/mol. The van der Waals surface area contributed by atoms with E-state index in [0.29, 0.717) is 6.42 Å². The molecule has 1 amide bonds. The number of hydrogen-bond donors (Lipinski definition) is 2. The Morgan fingerprint density at radius 1 is 1.15 bits per heavy atom. The second-order valence-electron chi connectivity index (χ2n) is 7.72. The average molecular weight is 380 g/mol. The van der Waals surface area contributed by atoms with Crippen molar-refractivity contribution in [1.29, 1.82) is 0 Å². The Morgan fingerprint density at radius 2 is 1.85 bits per heavy atom. The van der Waals surface area contributed by atoms with Crippen LogP contribution in [0.3, 0.4) is 0 Å². The fourth-order valence-corrected chi connectivity index (χ4v) is 5.97. The van der Waals surface area contributed by atoms with Crippen LogP contribution in [-0.4, -0.2) is 51.0 Å². The van der Waals surface area contributed by atoms with Gasteiger partial charge < -0.3 is 15.5 Å². The average Bonchev–Trinajstić information content (AvgIpc) is 2.79. The molecule has 6 nitrogen and oxygen atoms in total. The van der Waals surface area contributed by atoms with E-state index in [-0.39, 0.29) is 24.0 Å². The molecule has 7 heteroatoms. The van der Waals surface area contributed by atoms with Gasteiger partial charge in [0.2, 0.25) is 5.91 Å². The molecule has 0 saturated carbocycles. The van der Waals surface area contributed by atoms with Crippen molar-refractivity contribution in [1.82, 2.24) is 5.32 Å². The summed E-state index contributed by atoms with van der Waals surface area (Å²) in [7, 11) is -3.03. The first kappa shape index (κ1) is 19.0. The normalized spacial score (nSPS) is 25.5. The Hall–Kier alpha value is -1.76. The maximum Gasteiger partial charge on any atom is 0.239 e. The molecule has 0 aliphatic carbocycles. The van der Waals surface area contributed by atoms with E-state index < -0.39 is 15.4 Å². The van der Waals surface area contributed by atoms with Crippen LogP contribution in [0.1, 0.15) is 39.0 Å². The Labute approximate surface area is 156 Å². The van der Waals surface area contributed by atoms with Crippen molar-refractivity contribution in [3.8, 4) is 0 Å². The van der Waals surface area contributed by atoms with Crippen molar-refractivity contribution in [3.05, 3.63) is 24.3 Å². The molecule has 0 aromatic heterocycles. The number of carbonyl (C=O) groups is 1. The summed E-state index contributed by atoms with van der Waals surface area (Å²) in [6.45, 7) is 4.03. The number of para-hydroxylation sites is 2. The second kappa shape index (κ2) is 7.86. The highest BCUT2D eigenvalue weighted by Gasteiger charge is 2.39. The third-order valence-electron chi connectivity index (χ3n) is 5.23. The summed E-state index contributed by atoms with van der Waals surface area (Å²) in [5.41, 5.74) is 1.44. The fraction of sp³-hybridized carbons (Fsp3) is 0.632. The van der Waals surface area contributed by atoms with Crippen LogP contribution in [0, 0.1) is 0 Å². The van der Waals surface area contributed by atoms with Gasteiger partial charge in [-0.1, -0.05) is 25.0 Å². The van der Waals surface area contributed by atoms with Crippen LogP contribution in [-0.2, 0) is 14.6 Å². The number of anilines is 2. The summed E-state index contributed by atoms with van der Waals surface area (Å²) >= 11 is 0. The summed E-state index contributed by atoms with van der Waals surface area (Å²) in [4.78, 5) is 14.7. The number of amides is 1. The van der Waals surface area contributed by atoms with Crippen LogP contribution < -0.4 is 15.5 Å². The van der Waals surface area contributed by atoms with E-state index in [4.69, 9.17) is 0 Å². The molecule has 2 aliphatic rings. The molecule has 2 aliphatic heterocycles. The number of benzene rings is 1. The van der Waals surface area contributed by atoms with Gasteiger partial charge in [0.15, 0.2) is 9.84 Å². The first-order valence-corrected chi connectivity index (χ1v) is 11.3. The van der Waals surface area contributed by atoms with E-state index >= 15 is 0 Å². The summed E-state index contributed by atoms with van der Waals surface area (Å²) in [5.74, 6) is 0.000686. The number of rotatable bonds is 5. The van der Waals surface area contributed by atoms with Crippen LogP contribution in [0.5, 0.6) is 0 Å². The van der Waals surface area contributed by atoms with E-state index in [1.54, 1.807) is 6.92 Å². The lowest BCUT2D eigenvalue weighted by atomic mass is 10.0. The minimum atomic E-state index is -3.03. The van der Waals surface area contributed by atoms with Crippen LogP contribution in [0.4, 0.5) is 11.4 Å². The van der Waals surface area contributed by atoms with Gasteiger partial charge in [-0.05, 0) is 38.3 Å². The second-order valence-corrected chi connectivity index (χ2v) is 9.91. The highest BCUT2D eigenvalue weighted by atomic mass is 32.2. The highest BCUT2D eigenvalue weighted by molar-refractivity contribution is 7.91. The Balaban J connectivity index is 1.60.